The quantitative estimate of drug-likeness (QED) is 0.841. The standard InChI is InChI=1S/C20H20F3N3O2/c1-14-5-7-17(8-6-14)24-19(28)26-11-9-25(10-12-26)18(27)15-3-2-4-16(13-15)20(21,22)23/h2-8,13H,9-12H2,1H3,(H,24,28). The molecule has 0 bridgehead atoms. The molecule has 1 aliphatic heterocycles. The van der Waals surface area contributed by atoms with Crippen molar-refractivity contribution in [3.63, 3.8) is 0 Å². The van der Waals surface area contributed by atoms with Gasteiger partial charge in [-0.05, 0) is 37.3 Å². The number of carbonyl (C=O) groups excluding carboxylic acids is 2. The van der Waals surface area contributed by atoms with E-state index in [1.54, 1.807) is 17.0 Å². The van der Waals surface area contributed by atoms with Gasteiger partial charge in [0, 0.05) is 37.4 Å². The van der Waals surface area contributed by atoms with Crippen molar-refractivity contribution in [3.8, 4) is 0 Å². The highest BCUT2D eigenvalue weighted by Crippen LogP contribution is 2.29. The molecule has 0 saturated carbocycles. The third-order valence-corrected chi connectivity index (χ3v) is 4.59. The van der Waals surface area contributed by atoms with Gasteiger partial charge < -0.3 is 15.1 Å². The Morgan fingerprint density at radius 1 is 0.929 bits per heavy atom. The Kier molecular flexibility index (Phi) is 5.58. The molecule has 28 heavy (non-hydrogen) atoms. The van der Waals surface area contributed by atoms with Crippen LogP contribution >= 0.6 is 0 Å². The summed E-state index contributed by atoms with van der Waals surface area (Å²) in [5, 5.41) is 2.80. The SMILES string of the molecule is Cc1ccc(NC(=O)N2CCN(C(=O)c3cccc(C(F)(F)F)c3)CC2)cc1. The Balaban J connectivity index is 1.58. The van der Waals surface area contributed by atoms with Crippen molar-refractivity contribution in [1.29, 1.82) is 0 Å². The molecule has 0 spiro atoms. The fraction of sp³-hybridized carbons (Fsp3) is 0.300. The van der Waals surface area contributed by atoms with Crippen molar-refractivity contribution in [3.05, 3.63) is 65.2 Å². The molecule has 8 heteroatoms. The first kappa shape index (κ1) is 19.7. The van der Waals surface area contributed by atoms with Crippen LogP contribution < -0.4 is 5.32 Å². The summed E-state index contributed by atoms with van der Waals surface area (Å²) in [6, 6.07) is 11.5. The second-order valence-electron chi connectivity index (χ2n) is 6.65. The molecular formula is C20H20F3N3O2. The summed E-state index contributed by atoms with van der Waals surface area (Å²) >= 11 is 0. The molecule has 0 radical (unpaired) electrons. The minimum absolute atomic E-state index is 0.00705. The van der Waals surface area contributed by atoms with Gasteiger partial charge in [-0.1, -0.05) is 23.8 Å². The molecule has 0 aromatic heterocycles. The molecule has 2 aromatic rings. The van der Waals surface area contributed by atoms with Crippen LogP contribution in [0.3, 0.4) is 0 Å². The van der Waals surface area contributed by atoms with Crippen LogP contribution in [0.15, 0.2) is 48.5 Å². The predicted molar refractivity (Wildman–Crippen MR) is 99.1 cm³/mol. The average molecular weight is 391 g/mol. The van der Waals surface area contributed by atoms with Crippen molar-refractivity contribution in [2.45, 2.75) is 13.1 Å². The van der Waals surface area contributed by atoms with Crippen LogP contribution in [0.5, 0.6) is 0 Å². The van der Waals surface area contributed by atoms with E-state index in [1.165, 1.54) is 17.0 Å². The summed E-state index contributed by atoms with van der Waals surface area (Å²) in [5.74, 6) is -0.468. The Morgan fingerprint density at radius 2 is 1.54 bits per heavy atom. The average Bonchev–Trinajstić information content (AvgIpc) is 2.69. The van der Waals surface area contributed by atoms with E-state index in [4.69, 9.17) is 0 Å². The van der Waals surface area contributed by atoms with E-state index in [0.29, 0.717) is 18.8 Å². The van der Waals surface area contributed by atoms with Crippen molar-refractivity contribution >= 4 is 17.6 Å². The van der Waals surface area contributed by atoms with Gasteiger partial charge in [0.05, 0.1) is 5.56 Å². The summed E-state index contributed by atoms with van der Waals surface area (Å²) < 4.78 is 38.5. The van der Waals surface area contributed by atoms with Crippen LogP contribution in [0.4, 0.5) is 23.7 Å². The normalized spacial score (nSPS) is 14.7. The molecule has 1 N–H and O–H groups in total. The molecule has 3 amide bonds. The molecule has 1 heterocycles. The summed E-state index contributed by atoms with van der Waals surface area (Å²) in [4.78, 5) is 27.9. The Morgan fingerprint density at radius 3 is 2.14 bits per heavy atom. The number of nitrogens with one attached hydrogen (secondary N) is 1. The first-order valence-electron chi connectivity index (χ1n) is 8.83. The molecule has 5 nitrogen and oxygen atoms in total. The largest absolute Gasteiger partial charge is 0.416 e. The van der Waals surface area contributed by atoms with E-state index in [1.807, 2.05) is 19.1 Å². The molecule has 0 aliphatic carbocycles. The zero-order chi connectivity index (χ0) is 20.3. The summed E-state index contributed by atoms with van der Waals surface area (Å²) in [6.07, 6.45) is -4.50. The summed E-state index contributed by atoms with van der Waals surface area (Å²) in [7, 11) is 0. The van der Waals surface area contributed by atoms with E-state index in [-0.39, 0.29) is 24.7 Å². The number of anilines is 1. The number of amides is 3. The topological polar surface area (TPSA) is 52.7 Å². The number of halogens is 3. The summed E-state index contributed by atoms with van der Waals surface area (Å²) in [5.41, 5.74) is 0.902. The van der Waals surface area contributed by atoms with Crippen LogP contribution in [-0.4, -0.2) is 47.9 Å². The molecule has 1 fully saturated rings. The van der Waals surface area contributed by atoms with E-state index in [0.717, 1.165) is 17.7 Å². The Bertz CT molecular complexity index is 858. The predicted octanol–water partition coefficient (Wildman–Crippen LogP) is 4.00. The fourth-order valence-corrected chi connectivity index (χ4v) is 2.96. The number of piperazine rings is 1. The van der Waals surface area contributed by atoms with E-state index in [2.05, 4.69) is 5.32 Å². The lowest BCUT2D eigenvalue weighted by atomic mass is 10.1. The van der Waals surface area contributed by atoms with Crippen molar-refractivity contribution in [2.24, 2.45) is 0 Å². The van der Waals surface area contributed by atoms with Crippen molar-refractivity contribution in [2.75, 3.05) is 31.5 Å². The first-order chi connectivity index (χ1) is 13.2. The number of carbonyl (C=O) groups is 2. The molecule has 148 valence electrons. The highest BCUT2D eigenvalue weighted by molar-refractivity contribution is 5.95. The molecule has 1 aliphatic rings. The second-order valence-corrected chi connectivity index (χ2v) is 6.65. The molecule has 0 unspecified atom stereocenters. The van der Waals surface area contributed by atoms with Gasteiger partial charge in [-0.2, -0.15) is 13.2 Å². The van der Waals surface area contributed by atoms with Crippen LogP contribution in [-0.2, 0) is 6.18 Å². The van der Waals surface area contributed by atoms with Crippen LogP contribution in [0, 0.1) is 6.92 Å². The van der Waals surface area contributed by atoms with E-state index < -0.39 is 17.6 Å². The molecule has 2 aromatic carbocycles. The van der Waals surface area contributed by atoms with Crippen LogP contribution in [0.1, 0.15) is 21.5 Å². The second kappa shape index (κ2) is 7.92. The number of urea groups is 1. The maximum atomic E-state index is 12.8. The monoisotopic (exact) mass is 391 g/mol. The zero-order valence-corrected chi connectivity index (χ0v) is 15.3. The van der Waals surface area contributed by atoms with Gasteiger partial charge in [0.1, 0.15) is 0 Å². The zero-order valence-electron chi connectivity index (χ0n) is 15.3. The van der Waals surface area contributed by atoms with Crippen molar-refractivity contribution < 1.29 is 22.8 Å². The lowest BCUT2D eigenvalue weighted by Crippen LogP contribution is -2.51. The number of nitrogens with zero attached hydrogens (tertiary/aromatic N) is 2. The van der Waals surface area contributed by atoms with E-state index in [9.17, 15) is 22.8 Å². The lowest BCUT2D eigenvalue weighted by Gasteiger charge is -2.34. The third-order valence-electron chi connectivity index (χ3n) is 4.59. The number of rotatable bonds is 2. The number of benzene rings is 2. The van der Waals surface area contributed by atoms with Gasteiger partial charge in [0.2, 0.25) is 0 Å². The third kappa shape index (κ3) is 4.62. The molecule has 0 atom stereocenters. The molecule has 3 rings (SSSR count). The van der Waals surface area contributed by atoms with Gasteiger partial charge in [-0.15, -0.1) is 0 Å². The minimum atomic E-state index is -4.50. The number of hydrogen-bond acceptors (Lipinski definition) is 2. The lowest BCUT2D eigenvalue weighted by molar-refractivity contribution is -0.137. The first-order valence-corrected chi connectivity index (χ1v) is 8.83. The van der Waals surface area contributed by atoms with Crippen LogP contribution in [0.25, 0.3) is 0 Å². The van der Waals surface area contributed by atoms with Crippen LogP contribution in [0.2, 0.25) is 0 Å². The highest BCUT2D eigenvalue weighted by Gasteiger charge is 2.32. The molecule has 1 saturated heterocycles. The Labute approximate surface area is 160 Å². The minimum Gasteiger partial charge on any atom is -0.335 e. The highest BCUT2D eigenvalue weighted by atomic mass is 19.4. The number of hydrogen-bond donors (Lipinski definition) is 1. The smallest absolute Gasteiger partial charge is 0.335 e. The number of alkyl halides is 3. The molecular weight excluding hydrogens is 371 g/mol. The van der Waals surface area contributed by atoms with Crippen molar-refractivity contribution in [1.82, 2.24) is 9.80 Å². The van der Waals surface area contributed by atoms with Gasteiger partial charge in [0.25, 0.3) is 5.91 Å². The maximum Gasteiger partial charge on any atom is 0.416 e. The van der Waals surface area contributed by atoms with Gasteiger partial charge in [0.15, 0.2) is 0 Å². The van der Waals surface area contributed by atoms with Gasteiger partial charge in [-0.3, -0.25) is 4.79 Å². The number of aryl methyl sites for hydroxylation is 1. The summed E-state index contributed by atoms with van der Waals surface area (Å²) in [6.45, 7) is 3.09. The Hall–Kier alpha value is -3.03. The fourth-order valence-electron chi connectivity index (χ4n) is 2.96. The van der Waals surface area contributed by atoms with Gasteiger partial charge in [-0.25, -0.2) is 4.79 Å². The van der Waals surface area contributed by atoms with E-state index >= 15 is 0 Å². The maximum absolute atomic E-state index is 12.8. The van der Waals surface area contributed by atoms with Gasteiger partial charge >= 0.3 is 12.2 Å².